The molecule has 0 saturated heterocycles. The van der Waals surface area contributed by atoms with Crippen molar-refractivity contribution in [2.75, 3.05) is 27.7 Å². The average molecular weight is 293 g/mol. The van der Waals surface area contributed by atoms with Gasteiger partial charge in [0, 0.05) is 17.8 Å². The van der Waals surface area contributed by atoms with Crippen molar-refractivity contribution in [2.24, 2.45) is 0 Å². The monoisotopic (exact) mass is 293 g/mol. The van der Waals surface area contributed by atoms with E-state index in [9.17, 15) is 4.79 Å². The van der Waals surface area contributed by atoms with Gasteiger partial charge in [0.1, 0.15) is 5.69 Å². The molecule has 5 nitrogen and oxygen atoms in total. The molecule has 2 aromatic heterocycles. The zero-order valence-corrected chi connectivity index (χ0v) is 12.8. The molecule has 2 aromatic rings. The Morgan fingerprint density at radius 3 is 2.90 bits per heavy atom. The summed E-state index contributed by atoms with van der Waals surface area (Å²) in [4.78, 5) is 15.6. The molecule has 108 valence electrons. The van der Waals surface area contributed by atoms with E-state index in [1.165, 1.54) is 0 Å². The predicted octanol–water partition coefficient (Wildman–Crippen LogP) is 1.94. The van der Waals surface area contributed by atoms with Gasteiger partial charge in [-0.1, -0.05) is 6.07 Å². The van der Waals surface area contributed by atoms with Crippen molar-refractivity contribution < 1.29 is 9.53 Å². The van der Waals surface area contributed by atoms with E-state index < -0.39 is 0 Å². The van der Waals surface area contributed by atoms with Crippen LogP contribution in [-0.4, -0.2) is 48.2 Å². The number of hydrogen-bond donors (Lipinski definition) is 0. The van der Waals surface area contributed by atoms with E-state index in [0.29, 0.717) is 24.4 Å². The van der Waals surface area contributed by atoms with Crippen LogP contribution < -0.4 is 4.74 Å². The Morgan fingerprint density at radius 1 is 1.50 bits per heavy atom. The molecule has 0 N–H and O–H groups in total. The van der Waals surface area contributed by atoms with Crippen molar-refractivity contribution in [2.45, 2.75) is 13.0 Å². The van der Waals surface area contributed by atoms with Crippen molar-refractivity contribution in [3.8, 4) is 5.75 Å². The molecule has 0 aromatic carbocycles. The number of hydrogen-bond acceptors (Lipinski definition) is 5. The molecule has 0 aliphatic rings. The zero-order valence-electron chi connectivity index (χ0n) is 12.0. The second-order valence-corrected chi connectivity index (χ2v) is 5.80. The van der Waals surface area contributed by atoms with Crippen LogP contribution in [0.2, 0.25) is 0 Å². The van der Waals surface area contributed by atoms with E-state index in [1.54, 1.807) is 29.3 Å². The molecule has 0 aliphatic heterocycles. The Labute approximate surface area is 122 Å². The second-order valence-electron chi connectivity index (χ2n) is 4.77. The van der Waals surface area contributed by atoms with Crippen LogP contribution in [0.25, 0.3) is 0 Å². The quantitative estimate of drug-likeness (QED) is 0.732. The molecule has 0 amide bonds. The Kier molecular flexibility index (Phi) is 4.92. The normalized spacial score (nSPS) is 11.0. The molecular weight excluding hydrogens is 274 g/mol. The molecule has 0 atom stereocenters. The minimum atomic E-state index is 0.0422. The third-order valence-electron chi connectivity index (χ3n) is 2.96. The van der Waals surface area contributed by atoms with E-state index in [2.05, 4.69) is 10.00 Å². The molecule has 20 heavy (non-hydrogen) atoms. The minimum absolute atomic E-state index is 0.0422. The van der Waals surface area contributed by atoms with E-state index >= 15 is 0 Å². The predicted molar refractivity (Wildman–Crippen MR) is 79.7 cm³/mol. The van der Waals surface area contributed by atoms with Crippen LogP contribution in [0.4, 0.5) is 0 Å². The lowest BCUT2D eigenvalue weighted by atomic mass is 10.2. The van der Waals surface area contributed by atoms with Crippen molar-refractivity contribution in [1.82, 2.24) is 14.7 Å². The highest BCUT2D eigenvalue weighted by atomic mass is 32.1. The van der Waals surface area contributed by atoms with Crippen LogP contribution >= 0.6 is 11.3 Å². The maximum absolute atomic E-state index is 12.5. The smallest absolute Gasteiger partial charge is 0.189 e. The first-order valence-corrected chi connectivity index (χ1v) is 7.30. The van der Waals surface area contributed by atoms with Crippen molar-refractivity contribution in [1.29, 1.82) is 0 Å². The van der Waals surface area contributed by atoms with Crippen LogP contribution in [0.15, 0.2) is 23.7 Å². The number of aromatic nitrogens is 2. The molecular formula is C14H19N3O2S. The fourth-order valence-corrected chi connectivity index (χ4v) is 2.62. The van der Waals surface area contributed by atoms with Crippen molar-refractivity contribution in [3.63, 3.8) is 0 Å². The fraction of sp³-hybridized carbons (Fsp3) is 0.429. The highest BCUT2D eigenvalue weighted by Crippen LogP contribution is 2.21. The van der Waals surface area contributed by atoms with Crippen molar-refractivity contribution >= 4 is 17.1 Å². The van der Waals surface area contributed by atoms with Gasteiger partial charge < -0.3 is 9.64 Å². The van der Waals surface area contributed by atoms with Crippen LogP contribution in [0.3, 0.4) is 0 Å². The maximum atomic E-state index is 12.5. The lowest BCUT2D eigenvalue weighted by Gasteiger charge is -2.12. The number of Topliss-reactive ketones (excluding diaryl/α,β-unsaturated/α-hetero) is 1. The van der Waals surface area contributed by atoms with Gasteiger partial charge in [0.2, 0.25) is 0 Å². The first-order valence-electron chi connectivity index (χ1n) is 6.42. The molecule has 0 spiro atoms. The fourth-order valence-electron chi connectivity index (χ4n) is 1.92. The molecule has 0 bridgehead atoms. The summed E-state index contributed by atoms with van der Waals surface area (Å²) in [7, 11) is 5.55. The highest BCUT2D eigenvalue weighted by molar-refractivity contribution is 7.10. The standard InChI is InChI=1S/C14H19N3O2S/c1-16(2)6-7-17-14(13(19-3)10-15-17)12(18)9-11-5-4-8-20-11/h4-5,8,10H,6-7,9H2,1-3H3. The molecule has 6 heteroatoms. The van der Waals surface area contributed by atoms with Gasteiger partial charge in [-0.05, 0) is 25.5 Å². The Balaban J connectivity index is 2.19. The van der Waals surface area contributed by atoms with E-state index in [-0.39, 0.29) is 5.78 Å². The maximum Gasteiger partial charge on any atom is 0.189 e. The summed E-state index contributed by atoms with van der Waals surface area (Å²) < 4.78 is 6.99. The largest absolute Gasteiger partial charge is 0.493 e. The zero-order chi connectivity index (χ0) is 14.5. The van der Waals surface area contributed by atoms with Gasteiger partial charge in [-0.15, -0.1) is 11.3 Å². The van der Waals surface area contributed by atoms with Gasteiger partial charge >= 0.3 is 0 Å². The Hall–Kier alpha value is -1.66. The highest BCUT2D eigenvalue weighted by Gasteiger charge is 2.20. The van der Waals surface area contributed by atoms with Gasteiger partial charge in [-0.25, -0.2) is 0 Å². The molecule has 0 saturated carbocycles. The Morgan fingerprint density at radius 2 is 2.30 bits per heavy atom. The number of likely N-dealkylation sites (N-methyl/N-ethyl adjacent to an activating group) is 1. The summed E-state index contributed by atoms with van der Waals surface area (Å²) in [5.41, 5.74) is 0.558. The van der Waals surface area contributed by atoms with E-state index in [1.807, 2.05) is 31.6 Å². The summed E-state index contributed by atoms with van der Waals surface area (Å²) in [5.74, 6) is 0.589. The number of rotatable bonds is 7. The number of ether oxygens (including phenoxy) is 1. The summed E-state index contributed by atoms with van der Waals surface area (Å²) in [5, 5.41) is 6.23. The Bertz CT molecular complexity index is 561. The van der Waals surface area contributed by atoms with Gasteiger partial charge in [0.05, 0.1) is 19.9 Å². The molecule has 0 radical (unpaired) electrons. The second kappa shape index (κ2) is 6.67. The lowest BCUT2D eigenvalue weighted by Crippen LogP contribution is -2.22. The first kappa shape index (κ1) is 14.7. The van der Waals surface area contributed by atoms with Crippen LogP contribution in [-0.2, 0) is 13.0 Å². The first-order chi connectivity index (χ1) is 9.61. The summed E-state index contributed by atoms with van der Waals surface area (Å²) >= 11 is 1.59. The van der Waals surface area contributed by atoms with Gasteiger partial charge in [0.15, 0.2) is 11.5 Å². The summed E-state index contributed by atoms with van der Waals surface area (Å²) in [6.45, 7) is 1.49. The minimum Gasteiger partial charge on any atom is -0.493 e. The number of ketones is 1. The molecule has 0 aliphatic carbocycles. The number of carbonyl (C=O) groups is 1. The summed E-state index contributed by atoms with van der Waals surface area (Å²) in [6.07, 6.45) is 2.00. The van der Waals surface area contributed by atoms with E-state index in [0.717, 1.165) is 11.4 Å². The van der Waals surface area contributed by atoms with Gasteiger partial charge in [-0.2, -0.15) is 5.10 Å². The molecule has 2 heterocycles. The lowest BCUT2D eigenvalue weighted by molar-refractivity contribution is 0.0979. The topological polar surface area (TPSA) is 47.4 Å². The van der Waals surface area contributed by atoms with Crippen LogP contribution in [0, 0.1) is 0 Å². The summed E-state index contributed by atoms with van der Waals surface area (Å²) in [6, 6.07) is 3.92. The SMILES string of the molecule is COc1cnn(CCN(C)C)c1C(=O)Cc1cccs1. The third-order valence-corrected chi connectivity index (χ3v) is 3.84. The number of carbonyl (C=O) groups excluding carboxylic acids is 1. The molecule has 0 unspecified atom stereocenters. The average Bonchev–Trinajstić information content (AvgIpc) is 3.04. The van der Waals surface area contributed by atoms with Gasteiger partial charge in [-0.3, -0.25) is 9.48 Å². The van der Waals surface area contributed by atoms with Crippen molar-refractivity contribution in [3.05, 3.63) is 34.3 Å². The van der Waals surface area contributed by atoms with Crippen LogP contribution in [0.5, 0.6) is 5.75 Å². The molecule has 0 fully saturated rings. The third kappa shape index (κ3) is 3.46. The molecule has 2 rings (SSSR count). The van der Waals surface area contributed by atoms with Crippen LogP contribution in [0.1, 0.15) is 15.4 Å². The number of thiophene rings is 1. The van der Waals surface area contributed by atoms with Gasteiger partial charge in [0.25, 0.3) is 0 Å². The number of methoxy groups -OCH3 is 1. The number of nitrogens with zero attached hydrogens (tertiary/aromatic N) is 3. The van der Waals surface area contributed by atoms with E-state index in [4.69, 9.17) is 4.74 Å².